The van der Waals surface area contributed by atoms with Crippen molar-refractivity contribution in [3.05, 3.63) is 62.0 Å². The lowest BCUT2D eigenvalue weighted by molar-refractivity contribution is -0.0305. The number of aromatic hydroxyl groups is 1. The highest BCUT2D eigenvalue weighted by atomic mass is 35.5. The van der Waals surface area contributed by atoms with Crippen LogP contribution >= 0.6 is 11.6 Å². The van der Waals surface area contributed by atoms with E-state index in [1.54, 1.807) is 6.92 Å². The lowest BCUT2D eigenvalue weighted by Crippen LogP contribution is -2.58. The summed E-state index contributed by atoms with van der Waals surface area (Å²) in [5, 5.41) is 21.9. The highest BCUT2D eigenvalue weighted by Gasteiger charge is 2.45. The molecular formula is C22H22ClF2N3O6. The zero-order chi connectivity index (χ0) is 24.7. The molecular weight excluding hydrogens is 476 g/mol. The molecule has 4 rings (SSSR count). The van der Waals surface area contributed by atoms with E-state index in [2.05, 4.69) is 5.32 Å². The van der Waals surface area contributed by atoms with Gasteiger partial charge in [0.2, 0.25) is 5.43 Å². The summed E-state index contributed by atoms with van der Waals surface area (Å²) in [7, 11) is 0. The monoisotopic (exact) mass is 497 g/mol. The van der Waals surface area contributed by atoms with Gasteiger partial charge in [-0.05, 0) is 19.4 Å². The number of benzene rings is 1. The van der Waals surface area contributed by atoms with Gasteiger partial charge in [0, 0.05) is 24.9 Å². The van der Waals surface area contributed by atoms with E-state index in [0.29, 0.717) is 13.0 Å². The van der Waals surface area contributed by atoms with Crippen LogP contribution < -0.4 is 10.7 Å². The molecule has 3 atom stereocenters. The molecule has 2 aromatic rings. The van der Waals surface area contributed by atoms with Crippen molar-refractivity contribution in [1.82, 2.24) is 14.8 Å². The Morgan fingerprint density at radius 3 is 2.76 bits per heavy atom. The number of nitrogens with one attached hydrogen (secondary N) is 1. The second-order valence-electron chi connectivity index (χ2n) is 8.24. The first-order chi connectivity index (χ1) is 16.2. The molecule has 2 unspecified atom stereocenters. The third-order valence-electron chi connectivity index (χ3n) is 6.19. The minimum absolute atomic E-state index is 0.105. The molecule has 9 nitrogen and oxygen atoms in total. The second kappa shape index (κ2) is 9.32. The minimum Gasteiger partial charge on any atom is -0.503 e. The number of ether oxygens (including phenoxy) is 1. The third kappa shape index (κ3) is 3.93. The van der Waals surface area contributed by atoms with E-state index < -0.39 is 63.8 Å². The topological polar surface area (TPSA) is 121 Å². The Morgan fingerprint density at radius 1 is 1.32 bits per heavy atom. The van der Waals surface area contributed by atoms with Crippen LogP contribution in [0.15, 0.2) is 23.1 Å². The van der Waals surface area contributed by atoms with Crippen LogP contribution in [0.5, 0.6) is 5.75 Å². The van der Waals surface area contributed by atoms with E-state index >= 15 is 0 Å². The number of hydrogen-bond acceptors (Lipinski definition) is 6. The van der Waals surface area contributed by atoms with E-state index in [1.165, 1.54) is 15.7 Å². The smallest absolute Gasteiger partial charge is 0.275 e. The predicted octanol–water partition coefficient (Wildman–Crippen LogP) is 1.58. The van der Waals surface area contributed by atoms with Crippen molar-refractivity contribution in [2.75, 3.05) is 19.8 Å². The van der Waals surface area contributed by atoms with Gasteiger partial charge in [-0.1, -0.05) is 17.7 Å². The summed E-state index contributed by atoms with van der Waals surface area (Å²) in [6, 6.07) is 0.585. The number of halogens is 3. The second-order valence-corrected chi connectivity index (χ2v) is 8.61. The molecule has 2 aliphatic heterocycles. The van der Waals surface area contributed by atoms with Gasteiger partial charge in [0.05, 0.1) is 31.3 Å². The number of nitrogens with zero attached hydrogens (tertiary/aromatic N) is 2. The van der Waals surface area contributed by atoms with Crippen molar-refractivity contribution in [2.24, 2.45) is 0 Å². The van der Waals surface area contributed by atoms with Crippen LogP contribution in [0.4, 0.5) is 8.78 Å². The van der Waals surface area contributed by atoms with Crippen molar-refractivity contribution in [3.63, 3.8) is 0 Å². The van der Waals surface area contributed by atoms with Gasteiger partial charge in [-0.3, -0.25) is 14.4 Å². The van der Waals surface area contributed by atoms with Crippen molar-refractivity contribution < 1.29 is 33.3 Å². The number of aromatic nitrogens is 1. The fourth-order valence-corrected chi connectivity index (χ4v) is 4.60. The Hall–Kier alpha value is -3.02. The molecule has 2 aliphatic rings. The molecule has 182 valence electrons. The first-order valence-corrected chi connectivity index (χ1v) is 10.9. The van der Waals surface area contributed by atoms with Crippen molar-refractivity contribution in [2.45, 2.75) is 38.0 Å². The molecule has 0 aliphatic carbocycles. The highest BCUT2D eigenvalue weighted by molar-refractivity contribution is 6.30. The van der Waals surface area contributed by atoms with Crippen LogP contribution in [0.25, 0.3) is 0 Å². The Labute approximate surface area is 197 Å². The summed E-state index contributed by atoms with van der Waals surface area (Å²) >= 11 is 5.55. The quantitative estimate of drug-likeness (QED) is 0.539. The van der Waals surface area contributed by atoms with Crippen molar-refractivity contribution in [1.29, 1.82) is 0 Å². The minimum atomic E-state index is -1.08. The van der Waals surface area contributed by atoms with Crippen molar-refractivity contribution >= 4 is 23.4 Å². The molecule has 34 heavy (non-hydrogen) atoms. The molecule has 0 spiro atoms. The van der Waals surface area contributed by atoms with Gasteiger partial charge in [-0.2, -0.15) is 0 Å². The average Bonchev–Trinajstić information content (AvgIpc) is 2.83. The largest absolute Gasteiger partial charge is 0.503 e. The zero-order valence-corrected chi connectivity index (χ0v) is 18.8. The number of carbonyl (C=O) groups excluding carboxylic acids is 2. The summed E-state index contributed by atoms with van der Waals surface area (Å²) in [5.74, 6) is -4.48. The summed E-state index contributed by atoms with van der Waals surface area (Å²) in [6.07, 6.45) is 1.63. The van der Waals surface area contributed by atoms with E-state index in [0.717, 1.165) is 12.1 Å². The Kier molecular flexibility index (Phi) is 6.61. The van der Waals surface area contributed by atoms with Crippen LogP contribution in [-0.4, -0.2) is 63.4 Å². The van der Waals surface area contributed by atoms with Gasteiger partial charge in [-0.25, -0.2) is 8.78 Å². The first-order valence-electron chi connectivity index (χ1n) is 10.6. The molecule has 1 saturated heterocycles. The fourth-order valence-electron chi connectivity index (χ4n) is 4.42. The van der Waals surface area contributed by atoms with Crippen molar-refractivity contribution in [3.8, 4) is 5.75 Å². The van der Waals surface area contributed by atoms with Crippen LogP contribution in [-0.2, 0) is 11.3 Å². The predicted molar refractivity (Wildman–Crippen MR) is 116 cm³/mol. The number of fused-ring (bicyclic) bond motifs is 3. The van der Waals surface area contributed by atoms with Gasteiger partial charge in [-0.15, -0.1) is 0 Å². The molecule has 1 fully saturated rings. The number of carbonyl (C=O) groups is 2. The molecule has 1 aromatic carbocycles. The van der Waals surface area contributed by atoms with E-state index in [9.17, 15) is 33.4 Å². The molecule has 3 N–H and O–H groups in total. The van der Waals surface area contributed by atoms with Crippen LogP contribution in [0.2, 0.25) is 5.02 Å². The number of amides is 2. The maximum Gasteiger partial charge on any atom is 0.275 e. The lowest BCUT2D eigenvalue weighted by Gasteiger charge is -2.47. The molecule has 1 aromatic heterocycles. The highest BCUT2D eigenvalue weighted by Crippen LogP contribution is 2.36. The summed E-state index contributed by atoms with van der Waals surface area (Å²) in [6.45, 7) is 1.47. The molecule has 0 saturated carbocycles. The lowest BCUT2D eigenvalue weighted by atomic mass is 9.94. The normalized spacial score (nSPS) is 20.5. The third-order valence-corrected chi connectivity index (χ3v) is 6.54. The summed E-state index contributed by atoms with van der Waals surface area (Å²) in [4.78, 5) is 40.2. The fraction of sp³-hybridized carbons (Fsp3) is 0.409. The maximum absolute atomic E-state index is 14.1. The van der Waals surface area contributed by atoms with Gasteiger partial charge in [0.25, 0.3) is 11.8 Å². The van der Waals surface area contributed by atoms with Gasteiger partial charge >= 0.3 is 0 Å². The summed E-state index contributed by atoms with van der Waals surface area (Å²) in [5.41, 5.74) is -1.95. The van der Waals surface area contributed by atoms with Crippen LogP contribution in [0.1, 0.15) is 45.8 Å². The Balaban J connectivity index is 1.70. The van der Waals surface area contributed by atoms with Gasteiger partial charge < -0.3 is 29.7 Å². The van der Waals surface area contributed by atoms with E-state index in [-0.39, 0.29) is 30.5 Å². The Morgan fingerprint density at radius 2 is 2.06 bits per heavy atom. The summed E-state index contributed by atoms with van der Waals surface area (Å²) < 4.78 is 34.4. The number of pyridine rings is 1. The first kappa shape index (κ1) is 24.1. The van der Waals surface area contributed by atoms with E-state index in [1.807, 2.05) is 0 Å². The zero-order valence-electron chi connectivity index (χ0n) is 18.1. The Bertz CT molecular complexity index is 1220. The molecule has 0 radical (unpaired) electrons. The van der Waals surface area contributed by atoms with Crippen LogP contribution in [0.3, 0.4) is 0 Å². The maximum atomic E-state index is 14.1. The SMILES string of the molecule is C[C@H](CO)N1C(=O)c2c(O)c(=O)c(C(=O)NCc3ccc(F)c(Cl)c3F)cn2C2COCCC21. The van der Waals surface area contributed by atoms with Crippen LogP contribution in [0, 0.1) is 11.6 Å². The number of aliphatic hydroxyl groups is 1. The number of hydrogen-bond donors (Lipinski definition) is 3. The molecule has 0 bridgehead atoms. The van der Waals surface area contributed by atoms with Gasteiger partial charge in [0.1, 0.15) is 22.2 Å². The molecule has 12 heteroatoms. The molecule has 2 amide bonds. The van der Waals surface area contributed by atoms with E-state index in [4.69, 9.17) is 16.3 Å². The average molecular weight is 498 g/mol. The standard InChI is InChI=1S/C22H22ClF2N3O6/c1-10(8-29)28-14-4-5-34-9-15(14)27-7-12(19(30)20(31)18(27)22(28)33)21(32)26-6-11-2-3-13(24)16(23)17(11)25/h2-3,7,10,14-15,29,31H,4-6,8-9H2,1H3,(H,26,32)/t10-,14?,15?/m1/s1. The van der Waals surface area contributed by atoms with Gasteiger partial charge in [0.15, 0.2) is 11.4 Å². The number of rotatable bonds is 5. The number of aliphatic hydroxyl groups excluding tert-OH is 1. The molecule has 3 heterocycles.